The molecule has 0 aliphatic carbocycles. The fourth-order valence-corrected chi connectivity index (χ4v) is 3.44. The van der Waals surface area contributed by atoms with Gasteiger partial charge in [0.25, 0.3) is 0 Å². The molecule has 0 saturated carbocycles. The van der Waals surface area contributed by atoms with Crippen molar-refractivity contribution in [1.82, 2.24) is 9.36 Å². The van der Waals surface area contributed by atoms with Gasteiger partial charge in [-0.1, -0.05) is 0 Å². The van der Waals surface area contributed by atoms with Crippen molar-refractivity contribution in [3.63, 3.8) is 0 Å². The Balaban J connectivity index is 1.81. The molecule has 0 radical (unpaired) electrons. The molecule has 4 nitrogen and oxygen atoms in total. The summed E-state index contributed by atoms with van der Waals surface area (Å²) in [6.45, 7) is 3.85. The summed E-state index contributed by atoms with van der Waals surface area (Å²) in [5.74, 6) is 0.525. The molecule has 19 heavy (non-hydrogen) atoms. The molecule has 5 heteroatoms. The molecule has 0 bridgehead atoms. The highest BCUT2D eigenvalue weighted by Gasteiger charge is 2.27. The van der Waals surface area contributed by atoms with E-state index in [1.807, 2.05) is 19.3 Å². The Morgan fingerprint density at radius 3 is 2.95 bits per heavy atom. The minimum Gasteiger partial charge on any atom is -0.360 e. The molecular weight excluding hydrogens is 256 g/mol. The average Bonchev–Trinajstić information content (AvgIpc) is 3.06. The summed E-state index contributed by atoms with van der Waals surface area (Å²) in [6, 6.07) is 6.43. The van der Waals surface area contributed by atoms with Crippen LogP contribution in [-0.2, 0) is 0 Å². The van der Waals surface area contributed by atoms with Crippen LogP contribution < -0.4 is 4.90 Å². The maximum absolute atomic E-state index is 9.21. The van der Waals surface area contributed by atoms with E-state index in [2.05, 4.69) is 32.5 Å². The second kappa shape index (κ2) is 4.98. The normalized spacial score (nSPS) is 18.5. The molecule has 96 valence electrons. The first-order chi connectivity index (χ1) is 9.29. The van der Waals surface area contributed by atoms with E-state index in [-0.39, 0.29) is 0 Å². The second-order valence-corrected chi connectivity index (χ2v) is 5.52. The van der Waals surface area contributed by atoms with E-state index < -0.39 is 0 Å². The van der Waals surface area contributed by atoms with E-state index in [4.69, 9.17) is 0 Å². The molecule has 1 aliphatic heterocycles. The summed E-state index contributed by atoms with van der Waals surface area (Å²) < 4.78 is 4.30. The number of aryl methyl sites for hydroxylation is 1. The highest BCUT2D eigenvalue weighted by atomic mass is 32.1. The van der Waals surface area contributed by atoms with Gasteiger partial charge in [-0.2, -0.15) is 9.64 Å². The molecule has 2 aromatic rings. The number of pyridine rings is 1. The Bertz CT molecular complexity index is 614. The van der Waals surface area contributed by atoms with Gasteiger partial charge in [-0.15, -0.1) is 0 Å². The number of anilines is 1. The lowest BCUT2D eigenvalue weighted by Gasteiger charge is -2.16. The Morgan fingerprint density at radius 2 is 2.21 bits per heavy atom. The molecule has 0 amide bonds. The van der Waals surface area contributed by atoms with Crippen molar-refractivity contribution < 1.29 is 0 Å². The van der Waals surface area contributed by atoms with Crippen LogP contribution in [0.5, 0.6) is 0 Å². The summed E-state index contributed by atoms with van der Waals surface area (Å²) in [5.41, 5.74) is 2.91. The topological polar surface area (TPSA) is 52.8 Å². The van der Waals surface area contributed by atoms with Gasteiger partial charge in [0.15, 0.2) is 0 Å². The molecule has 0 aromatic carbocycles. The molecule has 0 N–H and O–H groups in total. The molecule has 1 aliphatic rings. The van der Waals surface area contributed by atoms with E-state index in [9.17, 15) is 5.26 Å². The Labute approximate surface area is 116 Å². The highest BCUT2D eigenvalue weighted by molar-refractivity contribution is 7.10. The van der Waals surface area contributed by atoms with Gasteiger partial charge in [-0.05, 0) is 42.6 Å². The third-order valence-corrected chi connectivity index (χ3v) is 4.61. The summed E-state index contributed by atoms with van der Waals surface area (Å²) in [4.78, 5) is 6.35. The maximum Gasteiger partial charge on any atom is 0.130 e. The smallest absolute Gasteiger partial charge is 0.130 e. The zero-order valence-corrected chi connectivity index (χ0v) is 11.5. The van der Waals surface area contributed by atoms with E-state index in [0.717, 1.165) is 35.8 Å². The zero-order valence-electron chi connectivity index (χ0n) is 10.7. The fraction of sp³-hybridized carbons (Fsp3) is 0.357. The lowest BCUT2D eigenvalue weighted by molar-refractivity contribution is 0.773. The largest absolute Gasteiger partial charge is 0.360 e. The van der Waals surface area contributed by atoms with Gasteiger partial charge in [0.1, 0.15) is 16.6 Å². The van der Waals surface area contributed by atoms with Crippen molar-refractivity contribution >= 4 is 16.5 Å². The summed E-state index contributed by atoms with van der Waals surface area (Å²) in [6.07, 6.45) is 4.80. The first-order valence-corrected chi connectivity index (χ1v) is 7.08. The third-order valence-electron chi connectivity index (χ3n) is 3.61. The summed E-state index contributed by atoms with van der Waals surface area (Å²) in [7, 11) is 0. The second-order valence-electron chi connectivity index (χ2n) is 4.77. The van der Waals surface area contributed by atoms with Gasteiger partial charge in [0.2, 0.25) is 0 Å². The summed E-state index contributed by atoms with van der Waals surface area (Å²) in [5, 5.41) is 10.2. The number of rotatable bonds is 2. The van der Waals surface area contributed by atoms with E-state index in [1.54, 1.807) is 0 Å². The first kappa shape index (κ1) is 12.1. The van der Waals surface area contributed by atoms with Crippen LogP contribution in [0, 0.1) is 18.3 Å². The SMILES string of the molecule is Cc1nsc(N2CCC(c3ccncc3)C2)c1C#N. The number of nitrogens with zero attached hydrogens (tertiary/aromatic N) is 4. The van der Waals surface area contributed by atoms with Crippen LogP contribution in [0.15, 0.2) is 24.5 Å². The van der Waals surface area contributed by atoms with Crippen molar-refractivity contribution in [1.29, 1.82) is 5.26 Å². The molecule has 1 saturated heterocycles. The standard InChI is InChI=1S/C14H14N4S/c1-10-13(8-15)14(19-17-10)18-7-4-12(9-18)11-2-5-16-6-3-11/h2-3,5-6,12H,4,7,9H2,1H3. The van der Waals surface area contributed by atoms with Crippen LogP contribution in [0.25, 0.3) is 0 Å². The van der Waals surface area contributed by atoms with Crippen LogP contribution in [0.1, 0.15) is 29.2 Å². The predicted octanol–water partition coefficient (Wildman–Crippen LogP) is 2.71. The molecular formula is C14H14N4S. The zero-order chi connectivity index (χ0) is 13.2. The van der Waals surface area contributed by atoms with Gasteiger partial charge < -0.3 is 4.90 Å². The molecule has 3 rings (SSSR count). The van der Waals surface area contributed by atoms with Crippen LogP contribution in [0.4, 0.5) is 5.00 Å². The molecule has 1 fully saturated rings. The molecule has 1 atom stereocenters. The predicted molar refractivity (Wildman–Crippen MR) is 75.4 cm³/mol. The minimum atomic E-state index is 0.525. The molecule has 1 unspecified atom stereocenters. The van der Waals surface area contributed by atoms with Gasteiger partial charge in [-0.25, -0.2) is 0 Å². The van der Waals surface area contributed by atoms with Crippen molar-refractivity contribution in [2.24, 2.45) is 0 Å². The lowest BCUT2D eigenvalue weighted by Crippen LogP contribution is -2.18. The highest BCUT2D eigenvalue weighted by Crippen LogP contribution is 2.35. The van der Waals surface area contributed by atoms with E-state index >= 15 is 0 Å². The minimum absolute atomic E-state index is 0.525. The van der Waals surface area contributed by atoms with Crippen LogP contribution in [-0.4, -0.2) is 22.4 Å². The van der Waals surface area contributed by atoms with Crippen molar-refractivity contribution in [2.45, 2.75) is 19.3 Å². The number of hydrogen-bond acceptors (Lipinski definition) is 5. The number of hydrogen-bond donors (Lipinski definition) is 0. The average molecular weight is 270 g/mol. The molecule has 0 spiro atoms. The quantitative estimate of drug-likeness (QED) is 0.842. The Hall–Kier alpha value is -1.93. The van der Waals surface area contributed by atoms with Crippen LogP contribution in [0.2, 0.25) is 0 Å². The molecule has 2 aromatic heterocycles. The number of nitriles is 1. The van der Waals surface area contributed by atoms with Crippen molar-refractivity contribution in [2.75, 3.05) is 18.0 Å². The lowest BCUT2D eigenvalue weighted by atomic mass is 10.00. The van der Waals surface area contributed by atoms with Crippen LogP contribution in [0.3, 0.4) is 0 Å². The third kappa shape index (κ3) is 2.20. The van der Waals surface area contributed by atoms with Gasteiger partial charge in [0.05, 0.1) is 5.69 Å². The monoisotopic (exact) mass is 270 g/mol. The van der Waals surface area contributed by atoms with E-state index in [0.29, 0.717) is 5.92 Å². The van der Waals surface area contributed by atoms with Crippen molar-refractivity contribution in [3.05, 3.63) is 41.3 Å². The van der Waals surface area contributed by atoms with Crippen LogP contribution >= 0.6 is 11.5 Å². The Morgan fingerprint density at radius 1 is 1.42 bits per heavy atom. The maximum atomic E-state index is 9.21. The van der Waals surface area contributed by atoms with Gasteiger partial charge in [-0.3, -0.25) is 4.98 Å². The van der Waals surface area contributed by atoms with Gasteiger partial charge >= 0.3 is 0 Å². The van der Waals surface area contributed by atoms with Gasteiger partial charge in [0, 0.05) is 31.4 Å². The van der Waals surface area contributed by atoms with Crippen molar-refractivity contribution in [3.8, 4) is 6.07 Å². The first-order valence-electron chi connectivity index (χ1n) is 6.31. The molecule has 3 heterocycles. The Kier molecular flexibility index (Phi) is 3.18. The van der Waals surface area contributed by atoms with E-state index in [1.165, 1.54) is 17.1 Å². The fourth-order valence-electron chi connectivity index (χ4n) is 2.55. The number of aromatic nitrogens is 2. The summed E-state index contributed by atoms with van der Waals surface area (Å²) >= 11 is 1.44.